The minimum Gasteiger partial charge on any atom is -0.507 e. The number of phenols is 1. The highest BCUT2D eigenvalue weighted by molar-refractivity contribution is 5.83. The van der Waals surface area contributed by atoms with Gasteiger partial charge in [0.2, 0.25) is 0 Å². The number of aromatic hydroxyl groups is 1. The third kappa shape index (κ3) is 2.65. The van der Waals surface area contributed by atoms with Gasteiger partial charge in [0.05, 0.1) is 0 Å². The number of hydrogen-bond donors (Lipinski definition) is 1. The zero-order chi connectivity index (χ0) is 14.0. The van der Waals surface area contributed by atoms with E-state index in [0.29, 0.717) is 0 Å². The highest BCUT2D eigenvalue weighted by Crippen LogP contribution is 2.37. The van der Waals surface area contributed by atoms with E-state index in [9.17, 15) is 5.11 Å². The summed E-state index contributed by atoms with van der Waals surface area (Å²) in [6.45, 7) is 0. The predicted octanol–water partition coefficient (Wildman–Crippen LogP) is 2.99. The molecule has 0 fully saturated rings. The van der Waals surface area contributed by atoms with Crippen LogP contribution in [-0.4, -0.2) is 33.3 Å². The number of benzene rings is 2. The van der Waals surface area contributed by atoms with Gasteiger partial charge in [0, 0.05) is 51.2 Å². The molecule has 0 spiro atoms. The fourth-order valence-corrected chi connectivity index (χ4v) is 2.06. The van der Waals surface area contributed by atoms with Crippen LogP contribution >= 0.6 is 0 Å². The predicted molar refractivity (Wildman–Crippen MR) is 81.0 cm³/mol. The van der Waals surface area contributed by atoms with Gasteiger partial charge in [-0.25, -0.2) is 0 Å². The van der Waals surface area contributed by atoms with Crippen molar-refractivity contribution in [2.75, 3.05) is 38.0 Å². The molecule has 99 valence electrons. The summed E-state index contributed by atoms with van der Waals surface area (Å²) in [7, 11) is 7.95. The first kappa shape index (κ1) is 13.3. The van der Waals surface area contributed by atoms with Crippen LogP contribution in [0.4, 0.5) is 11.4 Å². The number of anilines is 2. The van der Waals surface area contributed by atoms with Crippen molar-refractivity contribution in [2.45, 2.75) is 0 Å². The molecule has 3 nitrogen and oxygen atoms in total. The first-order valence-corrected chi connectivity index (χ1v) is 6.19. The Morgan fingerprint density at radius 3 is 2.05 bits per heavy atom. The summed E-state index contributed by atoms with van der Waals surface area (Å²) in [6, 6.07) is 14.7. The Morgan fingerprint density at radius 1 is 0.895 bits per heavy atom. The van der Waals surface area contributed by atoms with E-state index in [2.05, 4.69) is 6.07 Å². The van der Waals surface area contributed by atoms with Crippen LogP contribution in [0.15, 0.2) is 36.4 Å². The van der Waals surface area contributed by atoms with E-state index in [1.807, 2.05) is 68.3 Å². The van der Waals surface area contributed by atoms with Crippen LogP contribution in [0.5, 0.6) is 5.75 Å². The van der Waals surface area contributed by atoms with E-state index in [-0.39, 0.29) is 5.75 Å². The van der Waals surface area contributed by atoms with Crippen molar-refractivity contribution in [2.24, 2.45) is 0 Å². The van der Waals surface area contributed by atoms with Gasteiger partial charge in [-0.1, -0.05) is 12.1 Å². The third-order valence-electron chi connectivity index (χ3n) is 3.11. The first-order valence-electron chi connectivity index (χ1n) is 6.19. The molecule has 0 aliphatic carbocycles. The monoisotopic (exact) mass is 255 g/mol. The molecule has 2 rings (SSSR count). The standard InChI is InChI=1S/C16H19N2O/c1-17(2)13-10-8-12(9-11-13)16-14(18(3)4)6-5-7-15(16)19/h5-6,8-11,19H,1-4H3. The SMILES string of the molecule is CN(C)c1ccc(-c2c(O)[c]ccc2N(C)C)cc1. The van der Waals surface area contributed by atoms with Crippen molar-refractivity contribution in [1.29, 1.82) is 0 Å². The van der Waals surface area contributed by atoms with Crippen molar-refractivity contribution in [1.82, 2.24) is 0 Å². The van der Waals surface area contributed by atoms with Gasteiger partial charge in [0.25, 0.3) is 0 Å². The molecular weight excluding hydrogens is 236 g/mol. The summed E-state index contributed by atoms with van der Waals surface area (Å²) in [6.07, 6.45) is 0. The highest BCUT2D eigenvalue weighted by atomic mass is 16.3. The maximum atomic E-state index is 10.1. The van der Waals surface area contributed by atoms with E-state index >= 15 is 0 Å². The molecule has 2 aromatic rings. The van der Waals surface area contributed by atoms with Crippen LogP contribution in [0.25, 0.3) is 11.1 Å². The van der Waals surface area contributed by atoms with E-state index in [1.165, 1.54) is 0 Å². The zero-order valence-electron chi connectivity index (χ0n) is 11.8. The molecule has 0 aromatic heterocycles. The molecular formula is C16H19N2O. The Balaban J connectivity index is 2.52. The summed E-state index contributed by atoms with van der Waals surface area (Å²) in [5.74, 6) is 0.184. The van der Waals surface area contributed by atoms with E-state index in [4.69, 9.17) is 0 Å². The topological polar surface area (TPSA) is 26.7 Å². The smallest absolute Gasteiger partial charge is 0.133 e. The average Bonchev–Trinajstić information content (AvgIpc) is 2.38. The third-order valence-corrected chi connectivity index (χ3v) is 3.11. The van der Waals surface area contributed by atoms with E-state index in [1.54, 1.807) is 6.07 Å². The molecule has 0 saturated carbocycles. The Bertz CT molecular complexity index is 559. The molecule has 1 radical (unpaired) electrons. The van der Waals surface area contributed by atoms with E-state index < -0.39 is 0 Å². The Morgan fingerprint density at radius 2 is 1.53 bits per heavy atom. The van der Waals surface area contributed by atoms with Gasteiger partial charge < -0.3 is 14.9 Å². The average molecular weight is 255 g/mol. The van der Waals surface area contributed by atoms with Gasteiger partial charge in [-0.05, 0) is 29.8 Å². The second-order valence-electron chi connectivity index (χ2n) is 4.92. The number of hydrogen-bond acceptors (Lipinski definition) is 3. The molecule has 0 bridgehead atoms. The Kier molecular flexibility index (Phi) is 3.65. The minimum absolute atomic E-state index is 0.184. The van der Waals surface area contributed by atoms with Crippen molar-refractivity contribution in [3.8, 4) is 16.9 Å². The highest BCUT2D eigenvalue weighted by Gasteiger charge is 2.12. The lowest BCUT2D eigenvalue weighted by atomic mass is 10.0. The Hall–Kier alpha value is -2.16. The molecule has 0 amide bonds. The maximum absolute atomic E-state index is 10.1. The lowest BCUT2D eigenvalue weighted by Crippen LogP contribution is -2.10. The molecule has 3 heteroatoms. The molecule has 2 aromatic carbocycles. The Labute approximate surface area is 114 Å². The number of nitrogens with zero attached hydrogens (tertiary/aromatic N) is 2. The first-order chi connectivity index (χ1) is 9.00. The number of phenolic OH excluding ortho intramolecular Hbond substituents is 1. The van der Waals surface area contributed by atoms with Gasteiger partial charge in [0.1, 0.15) is 5.75 Å². The van der Waals surface area contributed by atoms with Crippen LogP contribution in [0.2, 0.25) is 0 Å². The fraction of sp³-hybridized carbons (Fsp3) is 0.250. The molecule has 1 N–H and O–H groups in total. The van der Waals surface area contributed by atoms with Crippen molar-refractivity contribution >= 4 is 11.4 Å². The summed E-state index contributed by atoms with van der Waals surface area (Å²) in [4.78, 5) is 4.04. The largest absolute Gasteiger partial charge is 0.507 e. The normalized spacial score (nSPS) is 10.3. The summed E-state index contributed by atoms with van der Waals surface area (Å²) >= 11 is 0. The van der Waals surface area contributed by atoms with Crippen LogP contribution in [-0.2, 0) is 0 Å². The van der Waals surface area contributed by atoms with Crippen LogP contribution in [0.1, 0.15) is 0 Å². The van der Waals surface area contributed by atoms with E-state index in [0.717, 1.165) is 22.5 Å². The van der Waals surface area contributed by atoms with Gasteiger partial charge in [-0.2, -0.15) is 0 Å². The fourth-order valence-electron chi connectivity index (χ4n) is 2.06. The van der Waals surface area contributed by atoms with Gasteiger partial charge in [0.15, 0.2) is 0 Å². The molecule has 0 aliphatic heterocycles. The van der Waals surface area contributed by atoms with Crippen LogP contribution in [0.3, 0.4) is 0 Å². The van der Waals surface area contributed by atoms with Crippen molar-refractivity contribution in [3.05, 3.63) is 42.5 Å². The van der Waals surface area contributed by atoms with Gasteiger partial charge in [-0.3, -0.25) is 0 Å². The lowest BCUT2D eigenvalue weighted by molar-refractivity contribution is 0.476. The molecule has 0 heterocycles. The molecule has 19 heavy (non-hydrogen) atoms. The van der Waals surface area contributed by atoms with Gasteiger partial charge >= 0.3 is 0 Å². The van der Waals surface area contributed by atoms with Gasteiger partial charge in [-0.15, -0.1) is 0 Å². The molecule has 0 atom stereocenters. The van der Waals surface area contributed by atoms with Crippen molar-refractivity contribution < 1.29 is 5.11 Å². The summed E-state index contributed by atoms with van der Waals surface area (Å²) < 4.78 is 0. The maximum Gasteiger partial charge on any atom is 0.133 e. The lowest BCUT2D eigenvalue weighted by Gasteiger charge is -2.19. The minimum atomic E-state index is 0.184. The quantitative estimate of drug-likeness (QED) is 0.913. The molecule has 0 unspecified atom stereocenters. The molecule has 0 aliphatic rings. The summed E-state index contributed by atoms with van der Waals surface area (Å²) in [5, 5.41) is 10.1. The summed E-state index contributed by atoms with van der Waals surface area (Å²) in [5.41, 5.74) is 3.92. The second-order valence-corrected chi connectivity index (χ2v) is 4.92. The van der Waals surface area contributed by atoms with Crippen LogP contribution in [0, 0.1) is 6.07 Å². The van der Waals surface area contributed by atoms with Crippen LogP contribution < -0.4 is 9.80 Å². The second kappa shape index (κ2) is 5.22. The van der Waals surface area contributed by atoms with Crippen molar-refractivity contribution in [3.63, 3.8) is 0 Å². The number of rotatable bonds is 3. The molecule has 0 saturated heterocycles. The zero-order valence-corrected chi connectivity index (χ0v) is 11.8.